The third-order valence-electron chi connectivity index (χ3n) is 4.98. The number of nitrogens with one attached hydrogen (secondary N) is 2. The van der Waals surface area contributed by atoms with Crippen molar-refractivity contribution in [1.29, 1.82) is 0 Å². The van der Waals surface area contributed by atoms with E-state index in [1.165, 1.54) is 32.9 Å². The molecule has 29 heavy (non-hydrogen) atoms. The van der Waals surface area contributed by atoms with Crippen LogP contribution in [0.5, 0.6) is 0 Å². The van der Waals surface area contributed by atoms with Crippen molar-refractivity contribution in [3.63, 3.8) is 0 Å². The fourth-order valence-electron chi connectivity index (χ4n) is 3.44. The average molecular weight is 410 g/mol. The highest BCUT2D eigenvalue weighted by atomic mass is 19.2. The van der Waals surface area contributed by atoms with Gasteiger partial charge in [-0.1, -0.05) is 6.07 Å². The van der Waals surface area contributed by atoms with E-state index in [0.717, 1.165) is 12.1 Å². The van der Waals surface area contributed by atoms with Gasteiger partial charge in [-0.3, -0.25) is 9.59 Å². The molecule has 0 saturated carbocycles. The number of benzene rings is 2. The lowest BCUT2D eigenvalue weighted by atomic mass is 9.93. The fourth-order valence-corrected chi connectivity index (χ4v) is 3.44. The number of halogens is 4. The number of rotatable bonds is 4. The molecular formula is C21H22F4N2O2. The molecule has 2 N–H and O–H groups in total. The zero-order valence-electron chi connectivity index (χ0n) is 15.9. The van der Waals surface area contributed by atoms with Crippen molar-refractivity contribution in [2.45, 2.75) is 32.7 Å². The molecule has 0 spiro atoms. The zero-order valence-corrected chi connectivity index (χ0v) is 15.9. The van der Waals surface area contributed by atoms with Crippen molar-refractivity contribution < 1.29 is 25.2 Å². The van der Waals surface area contributed by atoms with Gasteiger partial charge in [0.2, 0.25) is 5.91 Å². The van der Waals surface area contributed by atoms with E-state index in [2.05, 4.69) is 10.3 Å². The van der Waals surface area contributed by atoms with E-state index in [1.54, 1.807) is 0 Å². The van der Waals surface area contributed by atoms with Crippen molar-refractivity contribution in [2.24, 2.45) is 0 Å². The lowest BCUT2D eigenvalue weighted by Gasteiger charge is -2.20. The summed E-state index contributed by atoms with van der Waals surface area (Å²) in [4.78, 5) is 27.6. The van der Waals surface area contributed by atoms with Gasteiger partial charge >= 0.3 is 0 Å². The Hall–Kier alpha value is -3.16. The summed E-state index contributed by atoms with van der Waals surface area (Å²) in [6, 6.07) is 4.33. The Morgan fingerprint density at radius 2 is 1.76 bits per heavy atom. The SMILES string of the molecule is Cc1c([C@@H](C)C(=O)N[C@@H](C)c2ccc(F)cc2F)c(=O)[nH]c2ccc(F)c(F)c12.[HH].[HH]. The Morgan fingerprint density at radius 1 is 1.07 bits per heavy atom. The van der Waals surface area contributed by atoms with Crippen LogP contribution in [0.1, 0.15) is 45.4 Å². The first-order valence-corrected chi connectivity index (χ1v) is 8.87. The molecule has 0 bridgehead atoms. The van der Waals surface area contributed by atoms with Crippen LogP contribution in [0, 0.1) is 30.2 Å². The van der Waals surface area contributed by atoms with Gasteiger partial charge in [0.25, 0.3) is 5.56 Å². The predicted octanol–water partition coefficient (Wildman–Crippen LogP) is 4.87. The van der Waals surface area contributed by atoms with Crippen molar-refractivity contribution in [3.05, 3.63) is 80.6 Å². The number of pyridine rings is 1. The van der Waals surface area contributed by atoms with Gasteiger partial charge in [0, 0.05) is 25.4 Å². The fraction of sp³-hybridized carbons (Fsp3) is 0.238. The predicted molar refractivity (Wildman–Crippen MR) is 105 cm³/mol. The van der Waals surface area contributed by atoms with Crippen LogP contribution in [0.3, 0.4) is 0 Å². The smallest absolute Gasteiger partial charge is 0.252 e. The molecule has 3 aromatic rings. The van der Waals surface area contributed by atoms with Gasteiger partial charge in [-0.2, -0.15) is 0 Å². The molecule has 0 fully saturated rings. The summed E-state index contributed by atoms with van der Waals surface area (Å²) in [5.74, 6) is -5.40. The number of hydrogen-bond donors (Lipinski definition) is 2. The van der Waals surface area contributed by atoms with E-state index in [-0.39, 0.29) is 30.4 Å². The zero-order chi connectivity index (χ0) is 21.5. The molecule has 0 unspecified atom stereocenters. The van der Waals surface area contributed by atoms with Gasteiger partial charge in [0.1, 0.15) is 11.6 Å². The second kappa shape index (κ2) is 7.69. The molecule has 1 heterocycles. The Morgan fingerprint density at radius 3 is 2.41 bits per heavy atom. The first kappa shape index (κ1) is 20.6. The van der Waals surface area contributed by atoms with Crippen LogP contribution in [0.4, 0.5) is 17.6 Å². The maximum absolute atomic E-state index is 14.3. The highest BCUT2D eigenvalue weighted by Gasteiger charge is 2.25. The summed E-state index contributed by atoms with van der Waals surface area (Å²) < 4.78 is 54.9. The molecule has 3 rings (SSSR count). The van der Waals surface area contributed by atoms with E-state index in [1.807, 2.05) is 0 Å². The topological polar surface area (TPSA) is 62.0 Å². The highest BCUT2D eigenvalue weighted by molar-refractivity contribution is 5.88. The van der Waals surface area contributed by atoms with E-state index in [9.17, 15) is 27.2 Å². The largest absolute Gasteiger partial charge is 0.349 e. The number of aromatic amines is 1. The van der Waals surface area contributed by atoms with Crippen LogP contribution >= 0.6 is 0 Å². The Labute approximate surface area is 166 Å². The van der Waals surface area contributed by atoms with Crippen LogP contribution in [0.15, 0.2) is 35.1 Å². The van der Waals surface area contributed by atoms with Crippen LogP contribution in [0.25, 0.3) is 10.9 Å². The number of amides is 1. The molecule has 4 nitrogen and oxygen atoms in total. The molecule has 156 valence electrons. The Kier molecular flexibility index (Phi) is 5.46. The number of aryl methyl sites for hydroxylation is 1. The third kappa shape index (κ3) is 3.74. The summed E-state index contributed by atoms with van der Waals surface area (Å²) in [5, 5.41) is 2.45. The van der Waals surface area contributed by atoms with Gasteiger partial charge in [0.15, 0.2) is 11.6 Å². The van der Waals surface area contributed by atoms with Crippen molar-refractivity contribution in [2.75, 3.05) is 0 Å². The normalized spacial score (nSPS) is 13.3. The molecule has 2 aromatic carbocycles. The number of H-pyrrole nitrogens is 1. The van der Waals surface area contributed by atoms with Gasteiger partial charge in [-0.25, -0.2) is 17.6 Å². The van der Waals surface area contributed by atoms with Crippen molar-refractivity contribution in [3.8, 4) is 0 Å². The van der Waals surface area contributed by atoms with E-state index >= 15 is 0 Å². The minimum Gasteiger partial charge on any atom is -0.349 e. The first-order chi connectivity index (χ1) is 13.6. The summed E-state index contributed by atoms with van der Waals surface area (Å²) in [7, 11) is 0. The summed E-state index contributed by atoms with van der Waals surface area (Å²) in [5.41, 5.74) is -0.298. The number of carbonyl (C=O) groups excluding carboxylic acids is 1. The molecule has 1 aromatic heterocycles. The van der Waals surface area contributed by atoms with Crippen molar-refractivity contribution >= 4 is 16.8 Å². The standard InChI is InChI=1S/C21H18F4N2O2.2H2/c1-9-17(21(29)27-16-7-6-14(23)19(25)18(9)16)10(2)20(28)26-11(3)13-5-4-12(22)8-15(13)24;;/h4-8,10-11H,1-3H3,(H,26,28)(H,27,29);2*1H/t10-,11+;;/m1../s1. The van der Waals surface area contributed by atoms with E-state index in [4.69, 9.17) is 0 Å². The minimum atomic E-state index is -1.12. The lowest BCUT2D eigenvalue weighted by Crippen LogP contribution is -2.34. The third-order valence-corrected chi connectivity index (χ3v) is 4.98. The summed E-state index contributed by atoms with van der Waals surface area (Å²) in [6.45, 7) is 4.37. The molecule has 8 heteroatoms. The quantitative estimate of drug-likeness (QED) is 0.603. The lowest BCUT2D eigenvalue weighted by molar-refractivity contribution is -0.122. The second-order valence-corrected chi connectivity index (χ2v) is 6.89. The molecular weight excluding hydrogens is 388 g/mol. The number of hydrogen-bond acceptors (Lipinski definition) is 2. The number of carbonyl (C=O) groups is 1. The summed E-state index contributed by atoms with van der Waals surface area (Å²) >= 11 is 0. The molecule has 0 aliphatic carbocycles. The van der Waals surface area contributed by atoms with Crippen LogP contribution in [-0.4, -0.2) is 10.9 Å². The molecule has 1 amide bonds. The van der Waals surface area contributed by atoms with E-state index < -0.39 is 46.7 Å². The number of aromatic nitrogens is 1. The Balaban J connectivity index is 0.00000240. The summed E-state index contributed by atoms with van der Waals surface area (Å²) in [6.07, 6.45) is 0. The minimum absolute atomic E-state index is 0. The van der Waals surface area contributed by atoms with Gasteiger partial charge in [0.05, 0.1) is 17.5 Å². The Bertz CT molecular complexity index is 1180. The van der Waals surface area contributed by atoms with Gasteiger partial charge < -0.3 is 10.3 Å². The van der Waals surface area contributed by atoms with Gasteiger partial charge in [-0.05, 0) is 44.5 Å². The maximum atomic E-state index is 14.3. The van der Waals surface area contributed by atoms with E-state index in [0.29, 0.717) is 6.07 Å². The van der Waals surface area contributed by atoms with Crippen LogP contribution in [-0.2, 0) is 4.79 Å². The monoisotopic (exact) mass is 410 g/mol. The number of fused-ring (bicyclic) bond motifs is 1. The van der Waals surface area contributed by atoms with Crippen LogP contribution in [0.2, 0.25) is 0 Å². The molecule has 0 aliphatic rings. The second-order valence-electron chi connectivity index (χ2n) is 6.89. The molecule has 2 atom stereocenters. The highest BCUT2D eigenvalue weighted by Crippen LogP contribution is 2.27. The average Bonchev–Trinajstić information content (AvgIpc) is 2.64. The van der Waals surface area contributed by atoms with Gasteiger partial charge in [-0.15, -0.1) is 0 Å². The first-order valence-electron chi connectivity index (χ1n) is 8.87. The maximum Gasteiger partial charge on any atom is 0.252 e. The van der Waals surface area contributed by atoms with Crippen molar-refractivity contribution in [1.82, 2.24) is 10.3 Å². The molecule has 0 saturated heterocycles. The molecule has 0 radical (unpaired) electrons. The molecule has 0 aliphatic heterocycles. The van der Waals surface area contributed by atoms with Crippen LogP contribution < -0.4 is 10.9 Å².